The maximum absolute atomic E-state index is 12.3. The third-order valence-electron chi connectivity index (χ3n) is 4.07. The molecular weight excluding hydrogens is 336 g/mol. The predicted molar refractivity (Wildman–Crippen MR) is 95.5 cm³/mol. The summed E-state index contributed by atoms with van der Waals surface area (Å²) in [7, 11) is -3.21. The number of nitrogens with zero attached hydrogens (tertiary/aromatic N) is 3. The molecule has 2 rings (SSSR count). The average Bonchev–Trinajstić information content (AvgIpc) is 2.56. The highest BCUT2D eigenvalue weighted by atomic mass is 32.2. The smallest absolute Gasteiger partial charge is 0.215 e. The van der Waals surface area contributed by atoms with E-state index >= 15 is 0 Å². The van der Waals surface area contributed by atoms with E-state index < -0.39 is 10.0 Å². The van der Waals surface area contributed by atoms with Crippen LogP contribution in [0, 0.1) is 0 Å². The molecule has 0 aromatic rings. The fraction of sp³-hybridized carbons (Fsp3) is 0.929. The number of piperidine rings is 1. The first-order chi connectivity index (χ1) is 11.0. The van der Waals surface area contributed by atoms with Crippen molar-refractivity contribution in [2.24, 2.45) is 4.99 Å². The molecule has 0 radical (unpaired) electrons. The molecule has 2 aliphatic rings. The Morgan fingerprint density at radius 3 is 2.52 bits per heavy atom. The molecule has 2 heterocycles. The Bertz CT molecular complexity index is 484. The number of aliphatic hydroxyl groups is 1. The molecule has 2 aliphatic heterocycles. The fourth-order valence-electron chi connectivity index (χ4n) is 2.72. The Balaban J connectivity index is 1.89. The Morgan fingerprint density at radius 2 is 1.91 bits per heavy atom. The Labute approximate surface area is 143 Å². The molecule has 23 heavy (non-hydrogen) atoms. The summed E-state index contributed by atoms with van der Waals surface area (Å²) in [6, 6.07) is 0. The summed E-state index contributed by atoms with van der Waals surface area (Å²) < 4.78 is 26.2. The van der Waals surface area contributed by atoms with Crippen LogP contribution in [-0.4, -0.2) is 91.3 Å². The van der Waals surface area contributed by atoms with Gasteiger partial charge in [0.05, 0.1) is 18.4 Å². The summed E-state index contributed by atoms with van der Waals surface area (Å²) in [6.07, 6.45) is 1.23. The van der Waals surface area contributed by atoms with Crippen molar-refractivity contribution in [3.8, 4) is 0 Å². The Morgan fingerprint density at radius 1 is 1.26 bits per heavy atom. The molecule has 0 amide bonds. The summed E-state index contributed by atoms with van der Waals surface area (Å²) in [5.41, 5.74) is 0. The SMILES string of the molecule is CCNC(=NCCS(=O)(=O)N1CCSCC1)N1CCC(O)CC1. The highest BCUT2D eigenvalue weighted by Gasteiger charge is 2.24. The molecule has 0 aliphatic carbocycles. The second kappa shape index (κ2) is 9.10. The van der Waals surface area contributed by atoms with Crippen molar-refractivity contribution >= 4 is 27.7 Å². The molecule has 134 valence electrons. The number of hydrogen-bond acceptors (Lipinski definition) is 5. The molecule has 2 N–H and O–H groups in total. The van der Waals surface area contributed by atoms with E-state index in [1.54, 1.807) is 16.1 Å². The Hall–Kier alpha value is -0.510. The maximum atomic E-state index is 12.3. The normalized spacial score (nSPS) is 22.3. The van der Waals surface area contributed by atoms with Gasteiger partial charge in [-0.25, -0.2) is 12.7 Å². The third kappa shape index (κ3) is 5.81. The summed E-state index contributed by atoms with van der Waals surface area (Å²) in [4.78, 5) is 6.58. The lowest BCUT2D eigenvalue weighted by molar-refractivity contribution is 0.108. The highest BCUT2D eigenvalue weighted by Crippen LogP contribution is 2.13. The number of likely N-dealkylation sites (tertiary alicyclic amines) is 1. The first-order valence-corrected chi connectivity index (χ1v) is 11.1. The summed E-state index contributed by atoms with van der Waals surface area (Å²) in [5, 5.41) is 12.8. The molecule has 0 atom stereocenters. The number of thioether (sulfide) groups is 1. The van der Waals surface area contributed by atoms with Crippen LogP contribution in [0.5, 0.6) is 0 Å². The number of nitrogens with one attached hydrogen (secondary N) is 1. The van der Waals surface area contributed by atoms with Crippen LogP contribution in [0.15, 0.2) is 4.99 Å². The van der Waals surface area contributed by atoms with E-state index in [-0.39, 0.29) is 18.4 Å². The van der Waals surface area contributed by atoms with Crippen molar-refractivity contribution in [2.45, 2.75) is 25.9 Å². The van der Waals surface area contributed by atoms with E-state index in [4.69, 9.17) is 0 Å². The van der Waals surface area contributed by atoms with Crippen LogP contribution in [0.2, 0.25) is 0 Å². The van der Waals surface area contributed by atoms with Crippen molar-refractivity contribution in [2.75, 3.05) is 56.5 Å². The van der Waals surface area contributed by atoms with Gasteiger partial charge in [-0.1, -0.05) is 0 Å². The van der Waals surface area contributed by atoms with Crippen LogP contribution in [-0.2, 0) is 10.0 Å². The number of aliphatic hydroxyl groups excluding tert-OH is 1. The zero-order valence-electron chi connectivity index (χ0n) is 13.8. The van der Waals surface area contributed by atoms with E-state index in [1.807, 2.05) is 6.92 Å². The standard InChI is InChI=1S/C14H28N4O3S2/c1-2-15-14(17-6-3-13(19)4-7-17)16-5-12-23(20,21)18-8-10-22-11-9-18/h13,19H,2-12H2,1H3,(H,15,16). The monoisotopic (exact) mass is 364 g/mol. The summed E-state index contributed by atoms with van der Waals surface area (Å²) in [5.74, 6) is 2.56. The quantitative estimate of drug-likeness (QED) is 0.519. The van der Waals surface area contributed by atoms with Gasteiger partial charge in [-0.2, -0.15) is 11.8 Å². The van der Waals surface area contributed by atoms with Crippen molar-refractivity contribution in [1.29, 1.82) is 0 Å². The number of rotatable bonds is 5. The van der Waals surface area contributed by atoms with E-state index in [9.17, 15) is 13.5 Å². The minimum absolute atomic E-state index is 0.0586. The molecule has 0 saturated carbocycles. The van der Waals surface area contributed by atoms with Crippen LogP contribution >= 0.6 is 11.8 Å². The maximum Gasteiger partial charge on any atom is 0.215 e. The minimum Gasteiger partial charge on any atom is -0.393 e. The van der Waals surface area contributed by atoms with E-state index in [1.165, 1.54) is 0 Å². The largest absolute Gasteiger partial charge is 0.393 e. The lowest BCUT2D eigenvalue weighted by Gasteiger charge is -2.32. The van der Waals surface area contributed by atoms with Crippen LogP contribution in [0.1, 0.15) is 19.8 Å². The second-order valence-corrected chi connectivity index (χ2v) is 9.09. The fourth-order valence-corrected chi connectivity index (χ4v) is 5.18. The molecular formula is C14H28N4O3S2. The predicted octanol–water partition coefficient (Wildman–Crippen LogP) is -0.213. The van der Waals surface area contributed by atoms with Gasteiger partial charge in [0.2, 0.25) is 10.0 Å². The van der Waals surface area contributed by atoms with Gasteiger partial charge in [0.1, 0.15) is 0 Å². The van der Waals surface area contributed by atoms with Gasteiger partial charge in [0.15, 0.2) is 5.96 Å². The molecule has 2 fully saturated rings. The van der Waals surface area contributed by atoms with Crippen LogP contribution in [0.3, 0.4) is 0 Å². The molecule has 7 nitrogen and oxygen atoms in total. The topological polar surface area (TPSA) is 85.2 Å². The van der Waals surface area contributed by atoms with E-state index in [0.717, 1.165) is 49.9 Å². The van der Waals surface area contributed by atoms with Crippen molar-refractivity contribution in [1.82, 2.24) is 14.5 Å². The molecule has 0 bridgehead atoms. The van der Waals surface area contributed by atoms with Gasteiger partial charge >= 0.3 is 0 Å². The summed E-state index contributed by atoms with van der Waals surface area (Å²) in [6.45, 7) is 5.74. The van der Waals surface area contributed by atoms with Crippen LogP contribution < -0.4 is 5.32 Å². The number of sulfonamides is 1. The number of hydrogen-bond donors (Lipinski definition) is 2. The Kier molecular flexibility index (Phi) is 7.45. The average molecular weight is 365 g/mol. The summed E-state index contributed by atoms with van der Waals surface area (Å²) >= 11 is 1.80. The van der Waals surface area contributed by atoms with Gasteiger partial charge in [-0.05, 0) is 19.8 Å². The highest BCUT2D eigenvalue weighted by molar-refractivity contribution is 7.99. The zero-order valence-corrected chi connectivity index (χ0v) is 15.4. The van der Waals surface area contributed by atoms with Gasteiger partial charge in [0.25, 0.3) is 0 Å². The van der Waals surface area contributed by atoms with Gasteiger partial charge in [-0.3, -0.25) is 4.99 Å². The molecule has 0 aromatic heterocycles. The van der Waals surface area contributed by atoms with Crippen LogP contribution in [0.25, 0.3) is 0 Å². The lowest BCUT2D eigenvalue weighted by atomic mass is 10.1. The van der Waals surface area contributed by atoms with Crippen LogP contribution in [0.4, 0.5) is 0 Å². The van der Waals surface area contributed by atoms with Gasteiger partial charge in [-0.15, -0.1) is 0 Å². The molecule has 0 aromatic carbocycles. The van der Waals surface area contributed by atoms with E-state index in [2.05, 4.69) is 15.2 Å². The first kappa shape index (κ1) is 18.8. The van der Waals surface area contributed by atoms with Crippen molar-refractivity contribution in [3.05, 3.63) is 0 Å². The second-order valence-electron chi connectivity index (χ2n) is 5.78. The lowest BCUT2D eigenvalue weighted by Crippen LogP contribution is -2.47. The van der Waals surface area contributed by atoms with Crippen molar-refractivity contribution in [3.63, 3.8) is 0 Å². The van der Waals surface area contributed by atoms with Crippen molar-refractivity contribution < 1.29 is 13.5 Å². The van der Waals surface area contributed by atoms with Gasteiger partial charge < -0.3 is 15.3 Å². The molecule has 0 unspecified atom stereocenters. The molecule has 0 spiro atoms. The van der Waals surface area contributed by atoms with Gasteiger partial charge in [0, 0.05) is 44.2 Å². The number of guanidine groups is 1. The molecule has 2 saturated heterocycles. The number of aliphatic imine (C=N–C) groups is 1. The third-order valence-corrected chi connectivity index (χ3v) is 6.87. The van der Waals surface area contributed by atoms with E-state index in [0.29, 0.717) is 13.1 Å². The zero-order chi connectivity index (χ0) is 16.7. The first-order valence-electron chi connectivity index (χ1n) is 8.30. The molecule has 9 heteroatoms. The minimum atomic E-state index is -3.21.